The van der Waals surface area contributed by atoms with Crippen LogP contribution >= 0.6 is 23.8 Å². The number of pyridine rings is 1. The smallest absolute Gasteiger partial charge is 0.270 e. The van der Waals surface area contributed by atoms with E-state index in [2.05, 4.69) is 18.8 Å². The Labute approximate surface area is 159 Å². The van der Waals surface area contributed by atoms with E-state index in [4.69, 9.17) is 23.8 Å². The minimum Gasteiger partial charge on any atom is -0.370 e. The molecule has 1 aromatic heterocycles. The number of hydrogen-bond acceptors (Lipinski definition) is 2. The highest BCUT2D eigenvalue weighted by atomic mass is 35.5. The van der Waals surface area contributed by atoms with Crippen molar-refractivity contribution in [3.05, 3.63) is 77.6 Å². The van der Waals surface area contributed by atoms with Crippen molar-refractivity contribution in [1.29, 1.82) is 0 Å². The van der Waals surface area contributed by atoms with Crippen molar-refractivity contribution in [2.45, 2.75) is 25.8 Å². The molecule has 0 aliphatic carbocycles. The Balaban J connectivity index is 2.34. The van der Waals surface area contributed by atoms with Crippen LogP contribution in [0.2, 0.25) is 5.02 Å². The molecule has 0 amide bonds. The van der Waals surface area contributed by atoms with E-state index in [0.29, 0.717) is 22.1 Å². The summed E-state index contributed by atoms with van der Waals surface area (Å²) in [7, 11) is 0. The quantitative estimate of drug-likeness (QED) is 0.327. The van der Waals surface area contributed by atoms with Crippen LogP contribution in [0.15, 0.2) is 61.4 Å². The molecule has 1 N–H and O–H groups in total. The SMILES string of the molecule is C=CCNC(=S)[C@H](C(=O)c1ccc(Cl)cc1)[n+]1ccc(CCC)cc1. The van der Waals surface area contributed by atoms with E-state index in [-0.39, 0.29) is 5.78 Å². The molecule has 0 saturated heterocycles. The molecular weight excluding hydrogens is 352 g/mol. The van der Waals surface area contributed by atoms with Gasteiger partial charge in [0.2, 0.25) is 5.78 Å². The number of aryl methyl sites for hydroxylation is 1. The molecular formula is C20H22ClN2OS+. The van der Waals surface area contributed by atoms with Crippen LogP contribution < -0.4 is 9.88 Å². The zero-order valence-corrected chi connectivity index (χ0v) is 15.8. The van der Waals surface area contributed by atoms with Gasteiger partial charge in [-0.05, 0) is 36.2 Å². The number of thiocarbonyl (C=S) groups is 1. The fraction of sp³-hybridized carbons (Fsp3) is 0.250. The van der Waals surface area contributed by atoms with E-state index in [1.54, 1.807) is 30.3 Å². The van der Waals surface area contributed by atoms with Gasteiger partial charge in [0, 0.05) is 29.3 Å². The van der Waals surface area contributed by atoms with Gasteiger partial charge in [0.1, 0.15) is 0 Å². The highest BCUT2D eigenvalue weighted by Crippen LogP contribution is 2.15. The van der Waals surface area contributed by atoms with Gasteiger partial charge in [-0.25, -0.2) is 0 Å². The minimum atomic E-state index is -0.605. The summed E-state index contributed by atoms with van der Waals surface area (Å²) in [5.41, 5.74) is 1.81. The molecule has 0 aliphatic rings. The fourth-order valence-corrected chi connectivity index (χ4v) is 2.97. The van der Waals surface area contributed by atoms with Gasteiger partial charge < -0.3 is 5.32 Å². The van der Waals surface area contributed by atoms with Gasteiger partial charge in [0.05, 0.1) is 0 Å². The summed E-state index contributed by atoms with van der Waals surface area (Å²) in [4.78, 5) is 13.5. The Morgan fingerprint density at radius 1 is 1.28 bits per heavy atom. The monoisotopic (exact) mass is 373 g/mol. The van der Waals surface area contributed by atoms with Gasteiger partial charge in [-0.3, -0.25) is 4.79 Å². The number of nitrogens with one attached hydrogen (secondary N) is 1. The normalized spacial score (nSPS) is 11.6. The first-order valence-electron chi connectivity index (χ1n) is 8.25. The largest absolute Gasteiger partial charge is 0.370 e. The van der Waals surface area contributed by atoms with Crippen LogP contribution in [0.4, 0.5) is 0 Å². The van der Waals surface area contributed by atoms with E-state index in [1.807, 2.05) is 29.1 Å². The fourth-order valence-electron chi connectivity index (χ4n) is 2.53. The molecule has 0 aliphatic heterocycles. The molecule has 0 radical (unpaired) electrons. The van der Waals surface area contributed by atoms with Gasteiger partial charge in [-0.2, -0.15) is 4.57 Å². The summed E-state index contributed by atoms with van der Waals surface area (Å²) in [6.45, 7) is 6.33. The first kappa shape index (κ1) is 19.3. The maximum atomic E-state index is 13.1. The van der Waals surface area contributed by atoms with Crippen LogP contribution in [0, 0.1) is 0 Å². The van der Waals surface area contributed by atoms with Crippen molar-refractivity contribution < 1.29 is 9.36 Å². The van der Waals surface area contributed by atoms with Gasteiger partial charge in [0.15, 0.2) is 17.4 Å². The number of Topliss-reactive ketones (excluding diaryl/α,β-unsaturated/α-hetero) is 1. The highest BCUT2D eigenvalue weighted by molar-refractivity contribution is 7.80. The average Bonchev–Trinajstić information content (AvgIpc) is 2.62. The summed E-state index contributed by atoms with van der Waals surface area (Å²) in [6.07, 6.45) is 7.62. The lowest BCUT2D eigenvalue weighted by Gasteiger charge is -2.14. The van der Waals surface area contributed by atoms with Crippen LogP contribution in [0.3, 0.4) is 0 Å². The van der Waals surface area contributed by atoms with Crippen molar-refractivity contribution in [2.75, 3.05) is 6.54 Å². The molecule has 0 spiro atoms. The molecule has 1 atom stereocenters. The lowest BCUT2D eigenvalue weighted by atomic mass is 10.0. The van der Waals surface area contributed by atoms with Crippen molar-refractivity contribution in [2.24, 2.45) is 0 Å². The second kappa shape index (κ2) is 9.44. The van der Waals surface area contributed by atoms with Gasteiger partial charge in [-0.15, -0.1) is 6.58 Å². The van der Waals surface area contributed by atoms with E-state index in [9.17, 15) is 4.79 Å². The Kier molecular flexibility index (Phi) is 7.29. The summed E-state index contributed by atoms with van der Waals surface area (Å²) in [5.74, 6) is -0.0773. The lowest BCUT2D eigenvalue weighted by Crippen LogP contribution is -2.51. The molecule has 25 heavy (non-hydrogen) atoms. The Hall–Kier alpha value is -2.04. The third-order valence-electron chi connectivity index (χ3n) is 3.80. The highest BCUT2D eigenvalue weighted by Gasteiger charge is 2.32. The van der Waals surface area contributed by atoms with Crippen LogP contribution in [0.25, 0.3) is 0 Å². The first-order chi connectivity index (χ1) is 12.1. The molecule has 0 saturated carbocycles. The molecule has 0 fully saturated rings. The summed E-state index contributed by atoms with van der Waals surface area (Å²) < 4.78 is 1.84. The van der Waals surface area contributed by atoms with E-state index in [0.717, 1.165) is 12.8 Å². The zero-order chi connectivity index (χ0) is 18.2. The number of benzene rings is 1. The second-order valence-electron chi connectivity index (χ2n) is 5.71. The number of nitrogens with zero attached hydrogens (tertiary/aromatic N) is 1. The van der Waals surface area contributed by atoms with Crippen molar-refractivity contribution in [3.63, 3.8) is 0 Å². The van der Waals surface area contributed by atoms with Crippen molar-refractivity contribution in [3.8, 4) is 0 Å². The average molecular weight is 374 g/mol. The summed E-state index contributed by atoms with van der Waals surface area (Å²) in [6, 6.07) is 10.3. The molecule has 1 heterocycles. The number of aromatic nitrogens is 1. The number of halogens is 1. The molecule has 3 nitrogen and oxygen atoms in total. The summed E-state index contributed by atoms with van der Waals surface area (Å²) >= 11 is 11.4. The van der Waals surface area contributed by atoms with Crippen LogP contribution in [0.5, 0.6) is 0 Å². The number of ketones is 1. The molecule has 130 valence electrons. The third kappa shape index (κ3) is 5.21. The standard InChI is InChI=1S/C20H21ClN2OS/c1-3-5-15-10-13-23(14-11-15)18(20(25)22-12-4-2)19(24)16-6-8-17(21)9-7-16/h4,6-11,13-14,18H,2-3,5,12H2,1H3/p+1/t18-/m0/s1. The lowest BCUT2D eigenvalue weighted by molar-refractivity contribution is -0.692. The minimum absolute atomic E-state index is 0.0773. The zero-order valence-electron chi connectivity index (χ0n) is 14.2. The van der Waals surface area contributed by atoms with Gasteiger partial charge >= 0.3 is 0 Å². The summed E-state index contributed by atoms with van der Waals surface area (Å²) in [5, 5.41) is 3.67. The molecule has 5 heteroatoms. The van der Waals surface area contributed by atoms with Crippen LogP contribution in [-0.4, -0.2) is 17.3 Å². The van der Waals surface area contributed by atoms with Gasteiger partial charge in [0.25, 0.3) is 6.04 Å². The van der Waals surface area contributed by atoms with Crippen LogP contribution in [-0.2, 0) is 6.42 Å². The maximum Gasteiger partial charge on any atom is 0.270 e. The number of rotatable bonds is 8. The molecule has 2 aromatic rings. The topological polar surface area (TPSA) is 33.0 Å². The van der Waals surface area contributed by atoms with E-state index >= 15 is 0 Å². The predicted octanol–water partition coefficient (Wildman–Crippen LogP) is 4.11. The second-order valence-corrected chi connectivity index (χ2v) is 6.59. The number of carbonyl (C=O) groups is 1. The van der Waals surface area contributed by atoms with Gasteiger partial charge in [-0.1, -0.05) is 43.2 Å². The Morgan fingerprint density at radius 2 is 1.92 bits per heavy atom. The van der Waals surface area contributed by atoms with Crippen molar-refractivity contribution >= 4 is 34.6 Å². The van der Waals surface area contributed by atoms with E-state index < -0.39 is 6.04 Å². The molecule has 0 unspecified atom stereocenters. The molecule has 0 bridgehead atoms. The Morgan fingerprint density at radius 3 is 2.48 bits per heavy atom. The first-order valence-corrected chi connectivity index (χ1v) is 9.03. The molecule has 2 rings (SSSR count). The third-order valence-corrected chi connectivity index (χ3v) is 4.42. The number of carbonyl (C=O) groups excluding carboxylic acids is 1. The predicted molar refractivity (Wildman–Crippen MR) is 106 cm³/mol. The number of hydrogen-bond donors (Lipinski definition) is 1. The van der Waals surface area contributed by atoms with Crippen molar-refractivity contribution in [1.82, 2.24) is 5.32 Å². The van der Waals surface area contributed by atoms with Crippen LogP contribution in [0.1, 0.15) is 35.3 Å². The Bertz CT molecular complexity index is 741. The van der Waals surface area contributed by atoms with E-state index in [1.165, 1.54) is 5.56 Å². The maximum absolute atomic E-state index is 13.1. The molecule has 1 aromatic carbocycles.